The van der Waals surface area contributed by atoms with E-state index in [0.29, 0.717) is 6.04 Å². The fourth-order valence-corrected chi connectivity index (χ4v) is 2.18. The van der Waals surface area contributed by atoms with E-state index < -0.39 is 0 Å². The van der Waals surface area contributed by atoms with Gasteiger partial charge in [-0.1, -0.05) is 6.92 Å². The average molecular weight is 176 g/mol. The molecule has 2 aliphatic rings. The van der Waals surface area contributed by atoms with Gasteiger partial charge in [-0.25, -0.2) is 0 Å². The molecule has 0 aliphatic heterocycles. The lowest BCUT2D eigenvalue weighted by Gasteiger charge is -2.31. The molecule has 11 heavy (non-hydrogen) atoms. The molecule has 0 amide bonds. The predicted octanol–water partition coefficient (Wildman–Crippen LogP) is 2.34. The van der Waals surface area contributed by atoms with E-state index in [4.69, 9.17) is 5.73 Å². The van der Waals surface area contributed by atoms with Crippen LogP contribution in [0.5, 0.6) is 0 Å². The van der Waals surface area contributed by atoms with Crippen LogP contribution in [0, 0.1) is 11.3 Å². The minimum atomic E-state index is 0. The van der Waals surface area contributed by atoms with E-state index in [0.717, 1.165) is 11.3 Å². The molecule has 0 unspecified atom stereocenters. The fraction of sp³-hybridized carbons (Fsp3) is 1.00. The second kappa shape index (κ2) is 2.95. The van der Waals surface area contributed by atoms with E-state index >= 15 is 0 Å². The van der Waals surface area contributed by atoms with Gasteiger partial charge in [0.2, 0.25) is 0 Å². The summed E-state index contributed by atoms with van der Waals surface area (Å²) in [4.78, 5) is 0. The first kappa shape index (κ1) is 9.34. The topological polar surface area (TPSA) is 26.0 Å². The lowest BCUT2D eigenvalue weighted by atomic mass is 9.77. The van der Waals surface area contributed by atoms with Crippen LogP contribution in [-0.2, 0) is 0 Å². The summed E-state index contributed by atoms with van der Waals surface area (Å²) < 4.78 is 0. The van der Waals surface area contributed by atoms with Crippen LogP contribution in [0.15, 0.2) is 0 Å². The van der Waals surface area contributed by atoms with Gasteiger partial charge in [-0.05, 0) is 43.4 Å². The molecule has 2 aliphatic carbocycles. The van der Waals surface area contributed by atoms with Crippen molar-refractivity contribution in [3.8, 4) is 0 Å². The standard InChI is InChI=1S/C9H17N.ClH/c1-7-2-3-9(4-5-9)6-8(7)10;/h7-8H,2-6,10H2,1H3;1H/t7-,8+;/m0./s1. The zero-order chi connectivity index (χ0) is 7.19. The van der Waals surface area contributed by atoms with Crippen LogP contribution >= 0.6 is 12.4 Å². The average Bonchev–Trinajstić information content (AvgIpc) is 2.62. The Kier molecular flexibility index (Phi) is 2.50. The first-order valence-corrected chi connectivity index (χ1v) is 4.47. The minimum absolute atomic E-state index is 0. The second-order valence-electron chi connectivity index (χ2n) is 4.38. The van der Waals surface area contributed by atoms with E-state index in [1.165, 1.54) is 32.1 Å². The number of hydrogen-bond acceptors (Lipinski definition) is 1. The van der Waals surface area contributed by atoms with Crippen molar-refractivity contribution >= 4 is 12.4 Å². The lowest BCUT2D eigenvalue weighted by molar-refractivity contribution is 0.235. The van der Waals surface area contributed by atoms with Gasteiger partial charge in [-0.2, -0.15) is 0 Å². The van der Waals surface area contributed by atoms with E-state index in [1.54, 1.807) is 0 Å². The minimum Gasteiger partial charge on any atom is -0.327 e. The van der Waals surface area contributed by atoms with Crippen LogP contribution in [0.1, 0.15) is 39.0 Å². The van der Waals surface area contributed by atoms with Crippen molar-refractivity contribution < 1.29 is 0 Å². The summed E-state index contributed by atoms with van der Waals surface area (Å²) in [5, 5.41) is 0. The Balaban J connectivity index is 0.000000605. The Morgan fingerprint density at radius 2 is 1.91 bits per heavy atom. The van der Waals surface area contributed by atoms with Gasteiger partial charge in [0.15, 0.2) is 0 Å². The number of nitrogens with two attached hydrogens (primary N) is 1. The second-order valence-corrected chi connectivity index (χ2v) is 4.38. The number of rotatable bonds is 0. The Hall–Kier alpha value is 0.250. The van der Waals surface area contributed by atoms with Crippen LogP contribution in [0.4, 0.5) is 0 Å². The van der Waals surface area contributed by atoms with Gasteiger partial charge >= 0.3 is 0 Å². The van der Waals surface area contributed by atoms with E-state index in [2.05, 4.69) is 6.92 Å². The zero-order valence-corrected chi connectivity index (χ0v) is 7.99. The SMILES string of the molecule is C[C@H]1CCC2(CC2)C[C@H]1N.Cl. The third kappa shape index (κ3) is 1.70. The maximum Gasteiger partial charge on any atom is 0.00698 e. The Morgan fingerprint density at radius 3 is 2.36 bits per heavy atom. The van der Waals surface area contributed by atoms with Gasteiger partial charge in [-0.3, -0.25) is 0 Å². The molecule has 0 radical (unpaired) electrons. The van der Waals surface area contributed by atoms with Crippen LogP contribution in [0.25, 0.3) is 0 Å². The highest BCUT2D eigenvalue weighted by Gasteiger charge is 2.46. The predicted molar refractivity (Wildman–Crippen MR) is 49.9 cm³/mol. The highest BCUT2D eigenvalue weighted by atomic mass is 35.5. The van der Waals surface area contributed by atoms with Crippen molar-refractivity contribution in [1.29, 1.82) is 0 Å². The molecule has 2 heteroatoms. The van der Waals surface area contributed by atoms with Crippen LogP contribution in [0.2, 0.25) is 0 Å². The Morgan fingerprint density at radius 1 is 1.27 bits per heavy atom. The van der Waals surface area contributed by atoms with Crippen molar-refractivity contribution in [2.24, 2.45) is 17.1 Å². The molecule has 0 aromatic carbocycles. The summed E-state index contributed by atoms with van der Waals surface area (Å²) in [5.74, 6) is 0.784. The van der Waals surface area contributed by atoms with Gasteiger partial charge in [-0.15, -0.1) is 12.4 Å². The van der Waals surface area contributed by atoms with E-state index in [9.17, 15) is 0 Å². The highest BCUT2D eigenvalue weighted by Crippen LogP contribution is 2.56. The molecule has 0 heterocycles. The van der Waals surface area contributed by atoms with E-state index in [1.807, 2.05) is 0 Å². The largest absolute Gasteiger partial charge is 0.327 e. The monoisotopic (exact) mass is 175 g/mol. The molecule has 2 N–H and O–H groups in total. The van der Waals surface area contributed by atoms with Crippen molar-refractivity contribution in [1.82, 2.24) is 0 Å². The summed E-state index contributed by atoms with van der Waals surface area (Å²) in [5.41, 5.74) is 6.75. The molecule has 2 rings (SSSR count). The summed E-state index contributed by atoms with van der Waals surface area (Å²) in [6.07, 6.45) is 7.08. The fourth-order valence-electron chi connectivity index (χ4n) is 2.18. The van der Waals surface area contributed by atoms with Crippen molar-refractivity contribution in [3.63, 3.8) is 0 Å². The summed E-state index contributed by atoms with van der Waals surface area (Å²) in [6, 6.07) is 0.510. The molecule has 66 valence electrons. The number of hydrogen-bond donors (Lipinski definition) is 1. The van der Waals surface area contributed by atoms with Crippen LogP contribution in [-0.4, -0.2) is 6.04 Å². The molecule has 0 saturated heterocycles. The molecule has 1 spiro atoms. The molecule has 1 nitrogen and oxygen atoms in total. The molecule has 0 aromatic heterocycles. The summed E-state index contributed by atoms with van der Waals surface area (Å²) in [6.45, 7) is 2.29. The highest BCUT2D eigenvalue weighted by molar-refractivity contribution is 5.85. The molecular formula is C9H18ClN. The first-order valence-electron chi connectivity index (χ1n) is 4.47. The molecular weight excluding hydrogens is 158 g/mol. The summed E-state index contributed by atoms with van der Waals surface area (Å²) in [7, 11) is 0. The van der Waals surface area contributed by atoms with Crippen LogP contribution < -0.4 is 5.73 Å². The van der Waals surface area contributed by atoms with Gasteiger partial charge in [0.1, 0.15) is 0 Å². The molecule has 0 bridgehead atoms. The third-order valence-corrected chi connectivity index (χ3v) is 3.49. The quantitative estimate of drug-likeness (QED) is 0.601. The third-order valence-electron chi connectivity index (χ3n) is 3.49. The molecule has 0 aromatic rings. The molecule has 2 fully saturated rings. The first-order chi connectivity index (χ1) is 4.72. The van der Waals surface area contributed by atoms with Gasteiger partial charge in [0, 0.05) is 6.04 Å². The van der Waals surface area contributed by atoms with Crippen molar-refractivity contribution in [2.75, 3.05) is 0 Å². The van der Waals surface area contributed by atoms with Gasteiger partial charge in [0.25, 0.3) is 0 Å². The molecule has 2 atom stereocenters. The lowest BCUT2D eigenvalue weighted by Crippen LogP contribution is -2.35. The summed E-state index contributed by atoms with van der Waals surface area (Å²) >= 11 is 0. The van der Waals surface area contributed by atoms with Gasteiger partial charge < -0.3 is 5.73 Å². The molecule has 2 saturated carbocycles. The maximum absolute atomic E-state index is 5.99. The van der Waals surface area contributed by atoms with Crippen LogP contribution in [0.3, 0.4) is 0 Å². The maximum atomic E-state index is 5.99. The zero-order valence-electron chi connectivity index (χ0n) is 7.18. The van der Waals surface area contributed by atoms with E-state index in [-0.39, 0.29) is 12.4 Å². The Bertz CT molecular complexity index is 142. The van der Waals surface area contributed by atoms with Crippen molar-refractivity contribution in [2.45, 2.75) is 45.1 Å². The van der Waals surface area contributed by atoms with Gasteiger partial charge in [0.05, 0.1) is 0 Å². The van der Waals surface area contributed by atoms with Crippen molar-refractivity contribution in [3.05, 3.63) is 0 Å². The smallest absolute Gasteiger partial charge is 0.00698 e. The number of halogens is 1. The Labute approximate surface area is 75.1 Å². The normalized spacial score (nSPS) is 39.8.